The van der Waals surface area contributed by atoms with Crippen molar-refractivity contribution >= 4 is 22.8 Å². The van der Waals surface area contributed by atoms with Gasteiger partial charge in [0, 0.05) is 24.2 Å². The third-order valence-corrected chi connectivity index (χ3v) is 3.52. The van der Waals surface area contributed by atoms with Crippen LogP contribution >= 0.6 is 0 Å². The van der Waals surface area contributed by atoms with Gasteiger partial charge < -0.3 is 10.0 Å². The van der Waals surface area contributed by atoms with Crippen LogP contribution in [0.4, 0.5) is 0 Å². The molecule has 0 saturated heterocycles. The summed E-state index contributed by atoms with van der Waals surface area (Å²) in [5, 5.41) is 10.0. The Hall–Kier alpha value is -2.43. The molecule has 0 unspecified atom stereocenters. The molecule has 0 spiro atoms. The summed E-state index contributed by atoms with van der Waals surface area (Å²) in [5.41, 5.74) is -0.0208. The molecule has 0 aliphatic carbocycles. The van der Waals surface area contributed by atoms with Crippen LogP contribution in [0.15, 0.2) is 36.5 Å². The van der Waals surface area contributed by atoms with E-state index in [0.29, 0.717) is 5.56 Å². The van der Waals surface area contributed by atoms with Gasteiger partial charge in [-0.1, -0.05) is 6.07 Å². The molecule has 0 fully saturated rings. The number of amides is 1. The van der Waals surface area contributed by atoms with Crippen molar-refractivity contribution in [2.24, 2.45) is 0 Å². The number of pyridine rings is 1. The second-order valence-electron chi connectivity index (χ2n) is 5.14. The standard InChI is InChI=1S/C15H16N2O3/c1-15(2,14(19)20)17(3)13(18)11-6-7-12-10(9-11)5-4-8-16-12/h4-9H,1-3H3,(H,19,20). The number of likely N-dealkylation sites (N-methyl/N-ethyl adjacent to an activating group) is 1. The van der Waals surface area contributed by atoms with Gasteiger partial charge in [-0.2, -0.15) is 0 Å². The molecule has 0 saturated carbocycles. The summed E-state index contributed by atoms with van der Waals surface area (Å²) in [4.78, 5) is 29.0. The zero-order valence-corrected chi connectivity index (χ0v) is 11.6. The Morgan fingerprint density at radius 3 is 2.60 bits per heavy atom. The average Bonchev–Trinajstić information content (AvgIpc) is 2.44. The Kier molecular flexibility index (Phi) is 3.44. The highest BCUT2D eigenvalue weighted by Crippen LogP contribution is 2.19. The Bertz CT molecular complexity index is 680. The summed E-state index contributed by atoms with van der Waals surface area (Å²) in [6.07, 6.45) is 1.68. The Morgan fingerprint density at radius 1 is 1.25 bits per heavy atom. The molecule has 2 rings (SSSR count). The van der Waals surface area contributed by atoms with Crippen LogP contribution in [0.3, 0.4) is 0 Å². The number of fused-ring (bicyclic) bond motifs is 1. The highest BCUT2D eigenvalue weighted by molar-refractivity contribution is 6.00. The smallest absolute Gasteiger partial charge is 0.329 e. The van der Waals surface area contributed by atoms with Gasteiger partial charge in [0.2, 0.25) is 0 Å². The summed E-state index contributed by atoms with van der Waals surface area (Å²) in [6.45, 7) is 2.99. The third kappa shape index (κ3) is 2.34. The maximum absolute atomic E-state index is 12.4. The topological polar surface area (TPSA) is 70.5 Å². The lowest BCUT2D eigenvalue weighted by molar-refractivity contribution is -0.147. The Morgan fingerprint density at radius 2 is 1.95 bits per heavy atom. The molecule has 104 valence electrons. The minimum atomic E-state index is -1.26. The molecule has 0 aliphatic rings. The fraction of sp³-hybridized carbons (Fsp3) is 0.267. The van der Waals surface area contributed by atoms with Gasteiger partial charge in [-0.25, -0.2) is 4.79 Å². The van der Waals surface area contributed by atoms with E-state index in [1.807, 2.05) is 6.07 Å². The van der Waals surface area contributed by atoms with Gasteiger partial charge >= 0.3 is 5.97 Å². The summed E-state index contributed by atoms with van der Waals surface area (Å²) >= 11 is 0. The minimum absolute atomic E-state index is 0.330. The lowest BCUT2D eigenvalue weighted by Gasteiger charge is -2.31. The van der Waals surface area contributed by atoms with Crippen LogP contribution in [0.1, 0.15) is 24.2 Å². The van der Waals surface area contributed by atoms with E-state index >= 15 is 0 Å². The van der Waals surface area contributed by atoms with Crippen molar-refractivity contribution in [1.29, 1.82) is 0 Å². The molecule has 0 radical (unpaired) electrons. The van der Waals surface area contributed by atoms with E-state index in [1.54, 1.807) is 30.5 Å². The molecule has 0 aliphatic heterocycles. The van der Waals surface area contributed by atoms with Gasteiger partial charge in [0.15, 0.2) is 0 Å². The number of aromatic nitrogens is 1. The van der Waals surface area contributed by atoms with Crippen molar-refractivity contribution in [3.63, 3.8) is 0 Å². The van der Waals surface area contributed by atoms with Crippen molar-refractivity contribution in [1.82, 2.24) is 9.88 Å². The normalized spacial score (nSPS) is 11.3. The summed E-state index contributed by atoms with van der Waals surface area (Å²) < 4.78 is 0. The first-order chi connectivity index (χ1) is 9.34. The molecule has 5 nitrogen and oxygen atoms in total. The molecule has 5 heteroatoms. The molecule has 1 aromatic carbocycles. The maximum Gasteiger partial charge on any atom is 0.329 e. The number of hydrogen-bond donors (Lipinski definition) is 1. The lowest BCUT2D eigenvalue weighted by atomic mass is 10.0. The van der Waals surface area contributed by atoms with Gasteiger partial charge in [0.1, 0.15) is 5.54 Å². The average molecular weight is 272 g/mol. The van der Waals surface area contributed by atoms with Gasteiger partial charge in [-0.3, -0.25) is 9.78 Å². The van der Waals surface area contributed by atoms with E-state index in [4.69, 9.17) is 0 Å². The predicted octanol–water partition coefficient (Wildman–Crippen LogP) is 2.17. The number of carbonyl (C=O) groups excluding carboxylic acids is 1. The van der Waals surface area contributed by atoms with Crippen LogP contribution in [-0.4, -0.2) is 39.5 Å². The van der Waals surface area contributed by atoms with Gasteiger partial charge in [-0.15, -0.1) is 0 Å². The third-order valence-electron chi connectivity index (χ3n) is 3.52. The quantitative estimate of drug-likeness (QED) is 0.929. The van der Waals surface area contributed by atoms with E-state index in [2.05, 4.69) is 4.98 Å². The zero-order valence-electron chi connectivity index (χ0n) is 11.6. The van der Waals surface area contributed by atoms with Crippen molar-refractivity contribution in [2.75, 3.05) is 7.05 Å². The van der Waals surface area contributed by atoms with Crippen LogP contribution in [0.25, 0.3) is 10.9 Å². The monoisotopic (exact) mass is 272 g/mol. The number of rotatable bonds is 3. The molecule has 1 aromatic heterocycles. The van der Waals surface area contributed by atoms with Crippen molar-refractivity contribution in [3.8, 4) is 0 Å². The van der Waals surface area contributed by atoms with Gasteiger partial charge in [0.05, 0.1) is 5.52 Å². The first kappa shape index (κ1) is 14.0. The fourth-order valence-electron chi connectivity index (χ4n) is 1.80. The highest BCUT2D eigenvalue weighted by atomic mass is 16.4. The van der Waals surface area contributed by atoms with E-state index < -0.39 is 11.5 Å². The number of carboxylic acids is 1. The van der Waals surface area contributed by atoms with E-state index in [-0.39, 0.29) is 5.91 Å². The molecule has 2 aromatic rings. The number of hydrogen-bond acceptors (Lipinski definition) is 3. The van der Waals surface area contributed by atoms with Gasteiger partial charge in [0.25, 0.3) is 5.91 Å². The van der Waals surface area contributed by atoms with Gasteiger partial charge in [-0.05, 0) is 38.1 Å². The lowest BCUT2D eigenvalue weighted by Crippen LogP contribution is -2.50. The number of nitrogens with zero attached hydrogens (tertiary/aromatic N) is 2. The molecule has 20 heavy (non-hydrogen) atoms. The van der Waals surface area contributed by atoms with E-state index in [1.165, 1.54) is 25.8 Å². The Labute approximate surface area is 116 Å². The zero-order chi connectivity index (χ0) is 14.9. The SMILES string of the molecule is CN(C(=O)c1ccc2ncccc2c1)C(C)(C)C(=O)O. The number of benzene rings is 1. The van der Waals surface area contributed by atoms with Crippen molar-refractivity contribution in [2.45, 2.75) is 19.4 Å². The largest absolute Gasteiger partial charge is 0.480 e. The summed E-state index contributed by atoms with van der Waals surface area (Å²) in [7, 11) is 1.49. The van der Waals surface area contributed by atoms with Crippen molar-refractivity contribution < 1.29 is 14.7 Å². The molecular weight excluding hydrogens is 256 g/mol. The maximum atomic E-state index is 12.4. The summed E-state index contributed by atoms with van der Waals surface area (Å²) in [5.74, 6) is -1.38. The minimum Gasteiger partial charge on any atom is -0.480 e. The van der Waals surface area contributed by atoms with Crippen LogP contribution < -0.4 is 0 Å². The van der Waals surface area contributed by atoms with Crippen LogP contribution in [0.5, 0.6) is 0 Å². The second kappa shape index (κ2) is 4.92. The van der Waals surface area contributed by atoms with E-state index in [9.17, 15) is 14.7 Å². The van der Waals surface area contributed by atoms with Crippen LogP contribution in [-0.2, 0) is 4.79 Å². The van der Waals surface area contributed by atoms with Crippen LogP contribution in [0.2, 0.25) is 0 Å². The second-order valence-corrected chi connectivity index (χ2v) is 5.14. The highest BCUT2D eigenvalue weighted by Gasteiger charge is 2.35. The number of carbonyl (C=O) groups is 2. The summed E-state index contributed by atoms with van der Waals surface area (Å²) in [6, 6.07) is 8.79. The molecule has 1 heterocycles. The number of aliphatic carboxylic acids is 1. The molecule has 0 bridgehead atoms. The first-order valence-electron chi connectivity index (χ1n) is 6.20. The molecule has 1 N–H and O–H groups in total. The molecule has 1 amide bonds. The predicted molar refractivity (Wildman–Crippen MR) is 75.6 cm³/mol. The van der Waals surface area contributed by atoms with Crippen molar-refractivity contribution in [3.05, 3.63) is 42.1 Å². The molecular formula is C15H16N2O3. The van der Waals surface area contributed by atoms with E-state index in [0.717, 1.165) is 10.9 Å². The first-order valence-corrected chi connectivity index (χ1v) is 6.20. The fourth-order valence-corrected chi connectivity index (χ4v) is 1.80. The molecule has 0 atom stereocenters. The Balaban J connectivity index is 2.38. The number of carboxylic acid groups (broad SMARTS) is 1. The van der Waals surface area contributed by atoms with Crippen LogP contribution in [0, 0.1) is 0 Å².